The quantitative estimate of drug-likeness (QED) is 0.107. The van der Waals surface area contributed by atoms with Crippen molar-refractivity contribution in [1.82, 2.24) is 0 Å². The first kappa shape index (κ1) is 26.4. The number of hydrogen-bond acceptors (Lipinski definition) is 1. The Morgan fingerprint density at radius 2 is 0.639 bits per heavy atom. The van der Waals surface area contributed by atoms with Crippen molar-refractivity contribution < 1.29 is 43.9 Å². The highest BCUT2D eigenvalue weighted by Gasteiger charge is 2.48. The van der Waals surface area contributed by atoms with Gasteiger partial charge >= 0.3 is 0 Å². The summed E-state index contributed by atoms with van der Waals surface area (Å²) >= 11 is 0. The van der Waals surface area contributed by atoms with Crippen molar-refractivity contribution in [3.05, 3.63) is 52.4 Å². The fraction of sp³-hybridized carbons (Fsp3) is 0.360. The first-order valence-electron chi connectivity index (χ1n) is 11.2. The van der Waals surface area contributed by atoms with E-state index in [1.54, 1.807) is 41.5 Å². The van der Waals surface area contributed by atoms with Gasteiger partial charge in [-0.1, -0.05) is 41.5 Å². The maximum absolute atomic E-state index is 15.8. The summed E-state index contributed by atoms with van der Waals surface area (Å²) in [5, 5.41) is -8.36. The predicted molar refractivity (Wildman–Crippen MR) is 121 cm³/mol. The van der Waals surface area contributed by atoms with Crippen LogP contribution in [0.4, 0.5) is 39.5 Å². The van der Waals surface area contributed by atoms with Gasteiger partial charge < -0.3 is 4.43 Å². The third-order valence-electron chi connectivity index (χ3n) is 7.16. The lowest BCUT2D eigenvalue weighted by atomic mass is 9.91. The van der Waals surface area contributed by atoms with Crippen molar-refractivity contribution in [2.75, 3.05) is 0 Å². The second-order valence-corrected chi connectivity index (χ2v) is 15.2. The van der Waals surface area contributed by atoms with E-state index in [-0.39, 0.29) is 16.6 Å². The van der Waals surface area contributed by atoms with Crippen LogP contribution in [0.1, 0.15) is 41.5 Å². The van der Waals surface area contributed by atoms with Crippen LogP contribution in [0, 0.1) is 52.4 Å². The van der Waals surface area contributed by atoms with Crippen LogP contribution < -0.4 is 4.43 Å². The zero-order chi connectivity index (χ0) is 27.2. The Hall–Kier alpha value is -2.69. The molecule has 0 N–H and O–H groups in total. The van der Waals surface area contributed by atoms with E-state index in [4.69, 9.17) is 4.43 Å². The molecule has 4 aromatic rings. The Morgan fingerprint density at radius 3 is 0.917 bits per heavy atom. The van der Waals surface area contributed by atoms with Crippen LogP contribution >= 0.6 is 0 Å². The maximum atomic E-state index is 15.8. The van der Waals surface area contributed by atoms with E-state index in [0.29, 0.717) is 0 Å². The summed E-state index contributed by atoms with van der Waals surface area (Å²) in [5.41, 5.74) is -0.802. The summed E-state index contributed by atoms with van der Waals surface area (Å²) in [7, 11) is -3.19. The minimum Gasteiger partial charge on any atom is -0.539 e. The molecule has 0 aliphatic rings. The lowest BCUT2D eigenvalue weighted by Crippen LogP contribution is -2.51. The van der Waals surface area contributed by atoms with E-state index in [1.807, 2.05) is 0 Å². The molecule has 194 valence electrons. The lowest BCUT2D eigenvalue weighted by molar-refractivity contribution is 0.416. The Morgan fingerprint density at radius 1 is 0.389 bits per heavy atom. The molecule has 0 fully saturated rings. The van der Waals surface area contributed by atoms with Gasteiger partial charge in [0.2, 0.25) is 0 Å². The molecule has 0 aromatic heterocycles. The number of benzene rings is 4. The average molecular weight is 537 g/mol. The van der Waals surface area contributed by atoms with E-state index in [2.05, 4.69) is 0 Å². The van der Waals surface area contributed by atoms with E-state index in [1.165, 1.54) is 0 Å². The van der Waals surface area contributed by atoms with Gasteiger partial charge in [-0.3, -0.25) is 0 Å². The molecular weight excluding hydrogens is 515 g/mol. The minimum absolute atomic E-state index is 0.267. The lowest BCUT2D eigenvalue weighted by Gasteiger charge is -2.42. The van der Waals surface area contributed by atoms with Gasteiger partial charge in [0.05, 0.1) is 21.5 Å². The Kier molecular flexibility index (Phi) is 6.17. The molecule has 0 bridgehead atoms. The molecule has 36 heavy (non-hydrogen) atoms. The van der Waals surface area contributed by atoms with Crippen LogP contribution in [0.5, 0.6) is 5.75 Å². The highest BCUT2D eigenvalue weighted by atomic mass is 28.4. The highest BCUT2D eigenvalue weighted by Crippen LogP contribution is 2.50. The van der Waals surface area contributed by atoms with E-state index >= 15 is 17.6 Å². The van der Waals surface area contributed by atoms with Crippen LogP contribution in [-0.4, -0.2) is 8.32 Å². The first-order valence-corrected chi connectivity index (χ1v) is 13.3. The molecule has 11 heteroatoms. The van der Waals surface area contributed by atoms with Gasteiger partial charge in [0.1, 0.15) is 0 Å². The van der Waals surface area contributed by atoms with Crippen LogP contribution in [0.2, 0.25) is 16.6 Å². The largest absolute Gasteiger partial charge is 0.539 e. The molecule has 0 aliphatic heterocycles. The van der Waals surface area contributed by atoms with Crippen LogP contribution in [-0.2, 0) is 0 Å². The molecule has 0 atom stereocenters. The van der Waals surface area contributed by atoms with Gasteiger partial charge in [-0.2, -0.15) is 0 Å². The molecular formula is C25H21F9OSi. The van der Waals surface area contributed by atoms with Gasteiger partial charge in [0.15, 0.2) is 58.1 Å². The van der Waals surface area contributed by atoms with Crippen molar-refractivity contribution in [2.24, 2.45) is 0 Å². The molecule has 0 aliphatic carbocycles. The van der Waals surface area contributed by atoms with Crippen LogP contribution in [0.15, 0.2) is 0 Å². The molecule has 0 spiro atoms. The molecule has 0 heterocycles. The van der Waals surface area contributed by atoms with E-state index in [9.17, 15) is 22.0 Å². The van der Waals surface area contributed by atoms with Gasteiger partial charge in [-0.15, -0.1) is 0 Å². The predicted octanol–water partition coefficient (Wildman–Crippen LogP) is 9.39. The summed E-state index contributed by atoms with van der Waals surface area (Å²) in [6.07, 6.45) is 0. The summed E-state index contributed by atoms with van der Waals surface area (Å²) < 4.78 is 141. The third kappa shape index (κ3) is 3.10. The Bertz CT molecular complexity index is 1430. The monoisotopic (exact) mass is 536 g/mol. The molecule has 0 unspecified atom stereocenters. The first-order chi connectivity index (χ1) is 16.6. The standard InChI is InChI=1S/C25H21F9OSi/c1-7(2)36(8(3)4,9(5)6)35-25-22(32)14-11-10-12(16(26)18(14)28)20(30)24(34)21(31)13(10)17(27)19(29)15(11)23(25)33/h7-9H,1-6H3. The SMILES string of the molecule is CC(C)[Si](Oc1c(F)c2c(F)c(F)c3c(F)c(F)c(F)c4c(F)c(F)c(c1F)c2c34)(C(C)C)C(C)C. The van der Waals surface area contributed by atoms with Crippen molar-refractivity contribution in [1.29, 1.82) is 0 Å². The summed E-state index contributed by atoms with van der Waals surface area (Å²) in [5.74, 6) is -20.3. The van der Waals surface area contributed by atoms with Crippen LogP contribution in [0.3, 0.4) is 0 Å². The molecule has 0 amide bonds. The second-order valence-electron chi connectivity index (χ2n) is 9.82. The Labute approximate surface area is 201 Å². The molecule has 4 rings (SSSR count). The van der Waals surface area contributed by atoms with Crippen molar-refractivity contribution >= 4 is 40.6 Å². The summed E-state index contributed by atoms with van der Waals surface area (Å²) in [6.45, 7) is 10.5. The van der Waals surface area contributed by atoms with Gasteiger partial charge in [-0.05, 0) is 16.6 Å². The zero-order valence-electron chi connectivity index (χ0n) is 20.0. The normalized spacial score (nSPS) is 13.1. The smallest absolute Gasteiger partial charge is 0.259 e. The molecule has 0 saturated heterocycles. The minimum atomic E-state index is -3.19. The fourth-order valence-corrected chi connectivity index (χ4v) is 11.0. The fourth-order valence-electron chi connectivity index (χ4n) is 5.71. The van der Waals surface area contributed by atoms with Gasteiger partial charge in [-0.25, -0.2) is 39.5 Å². The molecule has 1 nitrogen and oxygen atoms in total. The van der Waals surface area contributed by atoms with Gasteiger partial charge in [0.25, 0.3) is 8.32 Å². The molecule has 0 saturated carbocycles. The third-order valence-corrected chi connectivity index (χ3v) is 13.1. The summed E-state index contributed by atoms with van der Waals surface area (Å²) in [6, 6.07) is 0. The van der Waals surface area contributed by atoms with Gasteiger partial charge in [0, 0.05) is 10.8 Å². The van der Waals surface area contributed by atoms with E-state index in [0.717, 1.165) is 0 Å². The molecule has 0 radical (unpaired) electrons. The van der Waals surface area contributed by atoms with Crippen molar-refractivity contribution in [3.8, 4) is 5.75 Å². The van der Waals surface area contributed by atoms with Crippen molar-refractivity contribution in [2.45, 2.75) is 58.2 Å². The average Bonchev–Trinajstić information content (AvgIpc) is 2.78. The highest BCUT2D eigenvalue weighted by molar-refractivity contribution is 6.78. The Balaban J connectivity index is 2.32. The zero-order valence-corrected chi connectivity index (χ0v) is 21.0. The number of hydrogen-bond donors (Lipinski definition) is 0. The van der Waals surface area contributed by atoms with Crippen molar-refractivity contribution in [3.63, 3.8) is 0 Å². The molecule has 4 aromatic carbocycles. The topological polar surface area (TPSA) is 9.23 Å². The summed E-state index contributed by atoms with van der Waals surface area (Å²) in [4.78, 5) is 0. The second kappa shape index (κ2) is 8.42. The maximum Gasteiger partial charge on any atom is 0.259 e. The van der Waals surface area contributed by atoms with E-state index < -0.39 is 98.7 Å². The number of rotatable bonds is 5. The number of halogens is 9. The van der Waals surface area contributed by atoms with Crippen LogP contribution in [0.25, 0.3) is 32.3 Å².